The van der Waals surface area contributed by atoms with Crippen molar-refractivity contribution < 1.29 is 14.3 Å². The lowest BCUT2D eigenvalue weighted by Crippen LogP contribution is -2.49. The molecule has 0 atom stereocenters. The van der Waals surface area contributed by atoms with E-state index in [9.17, 15) is 9.59 Å². The topological polar surface area (TPSA) is 92.4 Å². The first-order valence-corrected chi connectivity index (χ1v) is 8.35. The molecule has 2 rings (SSSR count). The third-order valence-corrected chi connectivity index (χ3v) is 3.76. The van der Waals surface area contributed by atoms with Crippen LogP contribution >= 0.6 is 28.1 Å². The highest BCUT2D eigenvalue weighted by molar-refractivity contribution is 9.10. The van der Waals surface area contributed by atoms with Gasteiger partial charge in [-0.3, -0.25) is 30.7 Å². The molecule has 1 aromatic heterocycles. The standard InChI is InChI=1S/C16H15BrN4O3S/c1-10-2-3-13(12(17)8-10)24-9-14(22)19-16(25)21-20-15(23)11-4-6-18-7-5-11/h2-8H,9H2,1H3,(H,20,23)(H2,19,21,22,25). The number of nitrogens with one attached hydrogen (secondary N) is 3. The number of rotatable bonds is 4. The van der Waals surface area contributed by atoms with Gasteiger partial charge in [0.1, 0.15) is 5.75 Å². The number of aromatic nitrogens is 1. The molecule has 1 heterocycles. The summed E-state index contributed by atoms with van der Waals surface area (Å²) < 4.78 is 6.16. The fraction of sp³-hybridized carbons (Fsp3) is 0.125. The molecule has 2 amide bonds. The highest BCUT2D eigenvalue weighted by Gasteiger charge is 2.09. The van der Waals surface area contributed by atoms with E-state index in [1.54, 1.807) is 18.2 Å². The molecule has 0 aliphatic carbocycles. The smallest absolute Gasteiger partial charge is 0.269 e. The van der Waals surface area contributed by atoms with Gasteiger partial charge in [-0.1, -0.05) is 6.07 Å². The molecule has 0 saturated heterocycles. The summed E-state index contributed by atoms with van der Waals surface area (Å²) in [5.41, 5.74) is 6.29. The summed E-state index contributed by atoms with van der Waals surface area (Å²) in [7, 11) is 0. The molecule has 1 aromatic carbocycles. The molecule has 9 heteroatoms. The first kappa shape index (κ1) is 18.8. The van der Waals surface area contributed by atoms with Crippen LogP contribution in [0.25, 0.3) is 0 Å². The summed E-state index contributed by atoms with van der Waals surface area (Å²) in [5, 5.41) is 2.36. The van der Waals surface area contributed by atoms with Crippen molar-refractivity contribution in [1.29, 1.82) is 0 Å². The average molecular weight is 423 g/mol. The van der Waals surface area contributed by atoms with Gasteiger partial charge in [-0.05, 0) is 64.9 Å². The minimum atomic E-state index is -0.455. The van der Waals surface area contributed by atoms with Gasteiger partial charge in [0.2, 0.25) is 0 Å². The molecular formula is C16H15BrN4O3S. The highest BCUT2D eigenvalue weighted by Crippen LogP contribution is 2.25. The maximum Gasteiger partial charge on any atom is 0.269 e. The second kappa shape index (κ2) is 9.09. The number of benzene rings is 1. The van der Waals surface area contributed by atoms with Gasteiger partial charge in [-0.15, -0.1) is 0 Å². The maximum absolute atomic E-state index is 11.8. The van der Waals surface area contributed by atoms with E-state index in [0.29, 0.717) is 11.3 Å². The van der Waals surface area contributed by atoms with Crippen LogP contribution in [0.3, 0.4) is 0 Å². The van der Waals surface area contributed by atoms with Crippen LogP contribution in [0.4, 0.5) is 0 Å². The third kappa shape index (κ3) is 6.12. The van der Waals surface area contributed by atoms with E-state index in [1.807, 2.05) is 19.1 Å². The number of hydrogen-bond donors (Lipinski definition) is 3. The molecule has 0 unspecified atom stereocenters. The van der Waals surface area contributed by atoms with Crippen LogP contribution in [0.15, 0.2) is 47.2 Å². The summed E-state index contributed by atoms with van der Waals surface area (Å²) in [6, 6.07) is 8.61. The minimum absolute atomic E-state index is 0.0426. The number of hydrazine groups is 1. The number of carbonyl (C=O) groups is 2. The molecule has 3 N–H and O–H groups in total. The lowest BCUT2D eigenvalue weighted by molar-refractivity contribution is -0.121. The average Bonchev–Trinajstić information content (AvgIpc) is 2.59. The summed E-state index contributed by atoms with van der Waals surface area (Å²) >= 11 is 8.30. The SMILES string of the molecule is Cc1ccc(OCC(=O)NC(=S)NNC(=O)c2ccncc2)c(Br)c1. The molecule has 2 aromatic rings. The Balaban J connectivity index is 1.74. The number of amides is 2. The zero-order valence-corrected chi connectivity index (χ0v) is 15.6. The number of ether oxygens (including phenoxy) is 1. The number of hydrogen-bond acceptors (Lipinski definition) is 5. The second-order valence-electron chi connectivity index (χ2n) is 4.91. The number of aryl methyl sites for hydroxylation is 1. The van der Waals surface area contributed by atoms with Crippen LogP contribution in [-0.2, 0) is 4.79 Å². The normalized spacial score (nSPS) is 9.84. The molecule has 0 bridgehead atoms. The van der Waals surface area contributed by atoms with E-state index in [4.69, 9.17) is 17.0 Å². The summed E-state index contributed by atoms with van der Waals surface area (Å²) in [5.74, 6) is -0.312. The van der Waals surface area contributed by atoms with E-state index < -0.39 is 11.8 Å². The van der Waals surface area contributed by atoms with Crippen molar-refractivity contribution >= 4 is 45.1 Å². The van der Waals surface area contributed by atoms with Gasteiger partial charge in [0, 0.05) is 18.0 Å². The summed E-state index contributed by atoms with van der Waals surface area (Å²) in [4.78, 5) is 27.4. The van der Waals surface area contributed by atoms with Crippen molar-refractivity contribution in [2.75, 3.05) is 6.61 Å². The zero-order chi connectivity index (χ0) is 18.2. The van der Waals surface area contributed by atoms with Crippen molar-refractivity contribution in [2.45, 2.75) is 6.92 Å². The largest absolute Gasteiger partial charge is 0.483 e. The Labute approximate surface area is 158 Å². The molecule has 7 nitrogen and oxygen atoms in total. The number of halogens is 1. The first-order valence-electron chi connectivity index (χ1n) is 7.15. The monoisotopic (exact) mass is 422 g/mol. The van der Waals surface area contributed by atoms with Crippen LogP contribution in [0.5, 0.6) is 5.75 Å². The van der Waals surface area contributed by atoms with E-state index in [1.165, 1.54) is 12.4 Å². The van der Waals surface area contributed by atoms with Crippen LogP contribution in [0.2, 0.25) is 0 Å². The molecule has 25 heavy (non-hydrogen) atoms. The molecule has 0 fully saturated rings. The van der Waals surface area contributed by atoms with Gasteiger partial charge >= 0.3 is 0 Å². The van der Waals surface area contributed by atoms with Gasteiger partial charge in [0.25, 0.3) is 11.8 Å². The quantitative estimate of drug-likeness (QED) is 0.514. The fourth-order valence-corrected chi connectivity index (χ4v) is 2.52. The number of carbonyl (C=O) groups excluding carboxylic acids is 2. The van der Waals surface area contributed by atoms with Gasteiger partial charge in [-0.2, -0.15) is 0 Å². The van der Waals surface area contributed by atoms with Crippen molar-refractivity contribution in [2.24, 2.45) is 0 Å². The van der Waals surface area contributed by atoms with E-state index in [0.717, 1.165) is 10.0 Å². The Kier molecular flexibility index (Phi) is 6.84. The van der Waals surface area contributed by atoms with Crippen molar-refractivity contribution in [3.63, 3.8) is 0 Å². The lowest BCUT2D eigenvalue weighted by atomic mass is 10.2. The van der Waals surface area contributed by atoms with E-state index in [2.05, 4.69) is 37.1 Å². The Morgan fingerprint density at radius 2 is 1.92 bits per heavy atom. The Morgan fingerprint density at radius 3 is 2.60 bits per heavy atom. The number of thiocarbonyl (C=S) groups is 1. The highest BCUT2D eigenvalue weighted by atomic mass is 79.9. The molecule has 130 valence electrons. The maximum atomic E-state index is 11.8. The van der Waals surface area contributed by atoms with Gasteiger partial charge in [0.15, 0.2) is 11.7 Å². The molecule has 0 spiro atoms. The Hall–Kier alpha value is -2.52. The molecule has 0 aliphatic heterocycles. The van der Waals surface area contributed by atoms with Crippen LogP contribution < -0.4 is 20.9 Å². The second-order valence-corrected chi connectivity index (χ2v) is 6.18. The van der Waals surface area contributed by atoms with Gasteiger partial charge in [0.05, 0.1) is 4.47 Å². The predicted molar refractivity (Wildman–Crippen MR) is 100.0 cm³/mol. The number of nitrogens with zero attached hydrogens (tertiary/aromatic N) is 1. The predicted octanol–water partition coefficient (Wildman–Crippen LogP) is 1.87. The number of pyridine rings is 1. The van der Waals surface area contributed by atoms with Gasteiger partial charge < -0.3 is 4.74 Å². The van der Waals surface area contributed by atoms with E-state index in [-0.39, 0.29) is 11.7 Å². The van der Waals surface area contributed by atoms with Crippen molar-refractivity contribution in [1.82, 2.24) is 21.2 Å². The Bertz CT molecular complexity index is 786. The van der Waals surface area contributed by atoms with Crippen LogP contribution in [0, 0.1) is 6.92 Å². The molecular weight excluding hydrogens is 408 g/mol. The van der Waals surface area contributed by atoms with Gasteiger partial charge in [-0.25, -0.2) is 0 Å². The van der Waals surface area contributed by atoms with Crippen LogP contribution in [-0.4, -0.2) is 28.5 Å². The Morgan fingerprint density at radius 1 is 1.20 bits per heavy atom. The van der Waals surface area contributed by atoms with Crippen LogP contribution in [0.1, 0.15) is 15.9 Å². The molecule has 0 aliphatic rings. The van der Waals surface area contributed by atoms with Crippen molar-refractivity contribution in [3.8, 4) is 5.75 Å². The zero-order valence-electron chi connectivity index (χ0n) is 13.2. The summed E-state index contributed by atoms with van der Waals surface area (Å²) in [6.45, 7) is 1.73. The first-order chi connectivity index (χ1) is 12.0. The van der Waals surface area contributed by atoms with E-state index >= 15 is 0 Å². The third-order valence-electron chi connectivity index (χ3n) is 2.93. The molecule has 0 saturated carbocycles. The van der Waals surface area contributed by atoms with Crippen molar-refractivity contribution in [3.05, 3.63) is 58.3 Å². The minimum Gasteiger partial charge on any atom is -0.483 e. The fourth-order valence-electron chi connectivity index (χ4n) is 1.75. The summed E-state index contributed by atoms with van der Waals surface area (Å²) in [6.07, 6.45) is 2.99. The molecule has 0 radical (unpaired) electrons. The lowest BCUT2D eigenvalue weighted by Gasteiger charge is -2.12.